The summed E-state index contributed by atoms with van der Waals surface area (Å²) in [6.07, 6.45) is 0.900. The van der Waals surface area contributed by atoms with Crippen LogP contribution in [0.5, 0.6) is 0 Å². The summed E-state index contributed by atoms with van der Waals surface area (Å²) in [5.41, 5.74) is 3.29. The van der Waals surface area contributed by atoms with E-state index in [9.17, 15) is 9.90 Å². The largest absolute Gasteiger partial charge is 0.480 e. The van der Waals surface area contributed by atoms with Crippen molar-refractivity contribution < 1.29 is 9.90 Å². The predicted molar refractivity (Wildman–Crippen MR) is 67.2 cm³/mol. The lowest BCUT2D eigenvalue weighted by Crippen LogP contribution is -2.41. The molecule has 2 unspecified atom stereocenters. The molecule has 1 aliphatic rings. The van der Waals surface area contributed by atoms with Crippen molar-refractivity contribution in [3.63, 3.8) is 0 Å². The average Bonchev–Trinajstić information content (AvgIpc) is 2.26. The van der Waals surface area contributed by atoms with Gasteiger partial charge in [0.2, 0.25) is 0 Å². The second-order valence-corrected chi connectivity index (χ2v) is 5.16. The Hall–Kier alpha value is -1.35. The van der Waals surface area contributed by atoms with Gasteiger partial charge >= 0.3 is 5.97 Å². The molecule has 1 aromatic rings. The fourth-order valence-electron chi connectivity index (χ4n) is 2.39. The smallest absolute Gasteiger partial charge is 0.325 e. The highest BCUT2D eigenvalue weighted by Crippen LogP contribution is 2.28. The number of rotatable bonds is 2. The number of fused-ring (bicyclic) bond motifs is 1. The van der Waals surface area contributed by atoms with Gasteiger partial charge in [0.05, 0.1) is 0 Å². The standard InChI is InChI=1S/C14H19NO2/c1-8(2)10-4-5-11-6-9(3)15-13(14(16)17)12(11)7-10/h4-5,7-9,13,15H,6H2,1-3H3,(H,16,17). The molecule has 1 heterocycles. The van der Waals surface area contributed by atoms with Crippen LogP contribution in [0.1, 0.15) is 49.4 Å². The minimum absolute atomic E-state index is 0.216. The molecule has 0 aliphatic carbocycles. The van der Waals surface area contributed by atoms with Crippen LogP contribution >= 0.6 is 0 Å². The van der Waals surface area contributed by atoms with E-state index in [0.717, 1.165) is 17.5 Å². The zero-order chi connectivity index (χ0) is 12.6. The first-order valence-corrected chi connectivity index (χ1v) is 6.10. The van der Waals surface area contributed by atoms with Crippen LogP contribution in [0.4, 0.5) is 0 Å². The molecule has 3 heteroatoms. The Morgan fingerprint density at radius 2 is 2.18 bits per heavy atom. The predicted octanol–water partition coefficient (Wildman–Crippen LogP) is 2.47. The van der Waals surface area contributed by atoms with E-state index in [1.54, 1.807) is 0 Å². The highest BCUT2D eigenvalue weighted by atomic mass is 16.4. The third-order valence-corrected chi connectivity index (χ3v) is 3.37. The molecule has 0 saturated heterocycles. The Balaban J connectivity index is 2.46. The van der Waals surface area contributed by atoms with E-state index in [4.69, 9.17) is 0 Å². The van der Waals surface area contributed by atoms with Crippen LogP contribution in [-0.4, -0.2) is 17.1 Å². The summed E-state index contributed by atoms with van der Waals surface area (Å²) in [5, 5.41) is 12.4. The lowest BCUT2D eigenvalue weighted by molar-refractivity contribution is -0.140. The van der Waals surface area contributed by atoms with Gasteiger partial charge < -0.3 is 5.11 Å². The fraction of sp³-hybridized carbons (Fsp3) is 0.500. The summed E-state index contributed by atoms with van der Waals surface area (Å²) < 4.78 is 0. The van der Waals surface area contributed by atoms with Gasteiger partial charge in [0.25, 0.3) is 0 Å². The molecular weight excluding hydrogens is 214 g/mol. The van der Waals surface area contributed by atoms with Crippen LogP contribution < -0.4 is 5.32 Å². The van der Waals surface area contributed by atoms with Crippen molar-refractivity contribution in [3.8, 4) is 0 Å². The monoisotopic (exact) mass is 233 g/mol. The maximum atomic E-state index is 11.3. The Morgan fingerprint density at radius 3 is 2.76 bits per heavy atom. The Kier molecular flexibility index (Phi) is 3.20. The molecule has 0 radical (unpaired) electrons. The number of nitrogens with one attached hydrogen (secondary N) is 1. The van der Waals surface area contributed by atoms with Gasteiger partial charge in [-0.2, -0.15) is 0 Å². The first kappa shape index (κ1) is 12.1. The summed E-state index contributed by atoms with van der Waals surface area (Å²) in [5.74, 6) is -0.368. The zero-order valence-electron chi connectivity index (χ0n) is 10.5. The maximum absolute atomic E-state index is 11.3. The summed E-state index contributed by atoms with van der Waals surface area (Å²) in [6, 6.07) is 5.89. The van der Waals surface area contributed by atoms with E-state index in [2.05, 4.69) is 31.3 Å². The van der Waals surface area contributed by atoms with Crippen LogP contribution in [0.25, 0.3) is 0 Å². The van der Waals surface area contributed by atoms with Crippen molar-refractivity contribution in [1.29, 1.82) is 0 Å². The summed E-state index contributed by atoms with van der Waals surface area (Å²) in [4.78, 5) is 11.3. The van der Waals surface area contributed by atoms with Crippen LogP contribution in [-0.2, 0) is 11.2 Å². The van der Waals surface area contributed by atoms with Gasteiger partial charge in [0, 0.05) is 6.04 Å². The van der Waals surface area contributed by atoms with E-state index < -0.39 is 12.0 Å². The Morgan fingerprint density at radius 1 is 1.47 bits per heavy atom. The van der Waals surface area contributed by atoms with Crippen LogP contribution in [0.2, 0.25) is 0 Å². The van der Waals surface area contributed by atoms with Gasteiger partial charge in [-0.25, -0.2) is 0 Å². The number of carboxylic acid groups (broad SMARTS) is 1. The van der Waals surface area contributed by atoms with Crippen LogP contribution in [0.15, 0.2) is 18.2 Å². The van der Waals surface area contributed by atoms with Gasteiger partial charge in [-0.15, -0.1) is 0 Å². The van der Waals surface area contributed by atoms with E-state index in [1.165, 1.54) is 5.56 Å². The molecule has 2 rings (SSSR count). The first-order valence-electron chi connectivity index (χ1n) is 6.10. The third-order valence-electron chi connectivity index (χ3n) is 3.37. The Labute approximate surface area is 102 Å². The first-order chi connectivity index (χ1) is 7.99. The molecular formula is C14H19NO2. The second kappa shape index (κ2) is 4.49. The van der Waals surface area contributed by atoms with Crippen molar-refractivity contribution in [2.24, 2.45) is 0 Å². The van der Waals surface area contributed by atoms with Gasteiger partial charge in [-0.3, -0.25) is 10.1 Å². The third kappa shape index (κ3) is 2.34. The molecule has 0 amide bonds. The minimum atomic E-state index is -0.793. The lowest BCUT2D eigenvalue weighted by atomic mass is 9.87. The fourth-order valence-corrected chi connectivity index (χ4v) is 2.39. The SMILES string of the molecule is CC1Cc2ccc(C(C)C)cc2C(C(=O)O)N1. The van der Waals surface area contributed by atoms with Crippen molar-refractivity contribution in [3.05, 3.63) is 34.9 Å². The van der Waals surface area contributed by atoms with E-state index in [-0.39, 0.29) is 6.04 Å². The van der Waals surface area contributed by atoms with E-state index in [1.807, 2.05) is 13.0 Å². The van der Waals surface area contributed by atoms with Gasteiger partial charge in [-0.05, 0) is 36.0 Å². The number of hydrogen-bond acceptors (Lipinski definition) is 2. The normalized spacial score (nSPS) is 23.5. The van der Waals surface area contributed by atoms with E-state index >= 15 is 0 Å². The molecule has 1 aliphatic heterocycles. The molecule has 92 valence electrons. The minimum Gasteiger partial charge on any atom is -0.480 e. The zero-order valence-corrected chi connectivity index (χ0v) is 10.5. The molecule has 2 N–H and O–H groups in total. The molecule has 1 aromatic carbocycles. The number of hydrogen-bond donors (Lipinski definition) is 2. The van der Waals surface area contributed by atoms with Gasteiger partial charge in [0.1, 0.15) is 6.04 Å². The summed E-state index contributed by atoms with van der Waals surface area (Å²) in [7, 11) is 0. The number of benzene rings is 1. The quantitative estimate of drug-likeness (QED) is 0.825. The summed E-state index contributed by atoms with van der Waals surface area (Å²) >= 11 is 0. The van der Waals surface area contributed by atoms with Crippen molar-refractivity contribution in [2.45, 2.75) is 45.2 Å². The second-order valence-electron chi connectivity index (χ2n) is 5.16. The number of carboxylic acids is 1. The van der Waals surface area contributed by atoms with E-state index in [0.29, 0.717) is 5.92 Å². The molecule has 3 nitrogen and oxygen atoms in total. The van der Waals surface area contributed by atoms with Crippen LogP contribution in [0, 0.1) is 0 Å². The molecule has 0 spiro atoms. The van der Waals surface area contributed by atoms with Crippen molar-refractivity contribution in [2.75, 3.05) is 0 Å². The summed E-state index contributed by atoms with van der Waals surface area (Å²) in [6.45, 7) is 6.27. The average molecular weight is 233 g/mol. The molecule has 2 atom stereocenters. The molecule has 17 heavy (non-hydrogen) atoms. The molecule has 0 aromatic heterocycles. The number of aliphatic carboxylic acids is 1. The maximum Gasteiger partial charge on any atom is 0.325 e. The Bertz CT molecular complexity index is 440. The lowest BCUT2D eigenvalue weighted by Gasteiger charge is -2.29. The molecule has 0 saturated carbocycles. The highest BCUT2D eigenvalue weighted by molar-refractivity contribution is 5.76. The number of carbonyl (C=O) groups is 1. The van der Waals surface area contributed by atoms with Gasteiger partial charge in [-0.1, -0.05) is 32.0 Å². The van der Waals surface area contributed by atoms with Crippen molar-refractivity contribution >= 4 is 5.97 Å². The van der Waals surface area contributed by atoms with Crippen LogP contribution in [0.3, 0.4) is 0 Å². The topological polar surface area (TPSA) is 49.3 Å². The highest BCUT2D eigenvalue weighted by Gasteiger charge is 2.29. The molecule has 0 bridgehead atoms. The van der Waals surface area contributed by atoms with Crippen molar-refractivity contribution in [1.82, 2.24) is 5.32 Å². The van der Waals surface area contributed by atoms with Gasteiger partial charge in [0.15, 0.2) is 0 Å². The molecule has 0 fully saturated rings.